The third kappa shape index (κ3) is 2.34. The summed E-state index contributed by atoms with van der Waals surface area (Å²) < 4.78 is 0. The molecule has 4 heteroatoms. The Balaban J connectivity index is 2.02. The highest BCUT2D eigenvalue weighted by molar-refractivity contribution is 5.71. The Kier molecular flexibility index (Phi) is 3.76. The lowest BCUT2D eigenvalue weighted by Gasteiger charge is -2.25. The zero-order chi connectivity index (χ0) is 12.4. The minimum absolute atomic E-state index is 0.465. The highest BCUT2D eigenvalue weighted by Crippen LogP contribution is 2.37. The normalized spacial score (nSPS) is 29.3. The van der Waals surface area contributed by atoms with Crippen LogP contribution in [0.3, 0.4) is 0 Å². The van der Waals surface area contributed by atoms with Gasteiger partial charge in [-0.2, -0.15) is 0 Å². The molecule has 0 bridgehead atoms. The molecule has 0 aromatic carbocycles. The molecule has 4 nitrogen and oxygen atoms in total. The van der Waals surface area contributed by atoms with E-state index in [-0.39, 0.29) is 0 Å². The second-order valence-corrected chi connectivity index (χ2v) is 4.77. The van der Waals surface area contributed by atoms with Crippen molar-refractivity contribution >= 4 is 6.29 Å². The average molecular weight is 237 g/mol. The molecule has 2 atom stereocenters. The van der Waals surface area contributed by atoms with Crippen LogP contribution in [-0.2, 0) is 4.79 Å². The van der Waals surface area contributed by atoms with E-state index < -0.39 is 12.5 Å². The number of hydrogen-bond donors (Lipinski definition) is 2. The first-order valence-corrected chi connectivity index (χ1v) is 6.11. The summed E-state index contributed by atoms with van der Waals surface area (Å²) in [6, 6.07) is 0. The predicted octanol–water partition coefficient (Wildman–Crippen LogP) is 0.955. The summed E-state index contributed by atoms with van der Waals surface area (Å²) in [5, 5.41) is 20.3. The Labute approximate surface area is 101 Å². The molecule has 17 heavy (non-hydrogen) atoms. The maximum absolute atomic E-state index is 10.5. The quantitative estimate of drug-likeness (QED) is 0.434. The van der Waals surface area contributed by atoms with Crippen molar-refractivity contribution in [3.8, 4) is 0 Å². The Morgan fingerprint density at radius 2 is 1.82 bits per heavy atom. The molecule has 0 aromatic heterocycles. The van der Waals surface area contributed by atoms with Gasteiger partial charge in [0.1, 0.15) is 18.7 Å². The smallest absolute Gasteiger partial charge is 0.145 e. The lowest BCUT2D eigenvalue weighted by atomic mass is 9.93. The van der Waals surface area contributed by atoms with Crippen molar-refractivity contribution in [2.45, 2.75) is 44.6 Å². The molecule has 0 spiro atoms. The summed E-state index contributed by atoms with van der Waals surface area (Å²) in [5.41, 5.74) is 2.47. The van der Waals surface area contributed by atoms with Crippen molar-refractivity contribution in [1.29, 1.82) is 0 Å². The molecule has 1 aliphatic heterocycles. The van der Waals surface area contributed by atoms with Gasteiger partial charge in [0.2, 0.25) is 0 Å². The first kappa shape index (κ1) is 12.5. The van der Waals surface area contributed by atoms with E-state index in [2.05, 4.69) is 6.58 Å². The second-order valence-electron chi connectivity index (χ2n) is 4.77. The van der Waals surface area contributed by atoms with Crippen LogP contribution >= 0.6 is 0 Å². The first-order chi connectivity index (χ1) is 8.15. The van der Waals surface area contributed by atoms with Gasteiger partial charge in [0.25, 0.3) is 0 Å². The second kappa shape index (κ2) is 5.12. The van der Waals surface area contributed by atoms with Gasteiger partial charge in [-0.3, -0.25) is 4.79 Å². The molecule has 94 valence electrons. The van der Waals surface area contributed by atoms with Crippen LogP contribution in [0, 0.1) is 0 Å². The van der Waals surface area contributed by atoms with Gasteiger partial charge in [-0.25, -0.2) is 4.90 Å². The molecule has 1 heterocycles. The number of rotatable bonds is 4. The van der Waals surface area contributed by atoms with Gasteiger partial charge in [-0.15, -0.1) is 0 Å². The summed E-state index contributed by atoms with van der Waals surface area (Å²) in [6.07, 6.45) is 3.76. The van der Waals surface area contributed by atoms with E-state index in [0.29, 0.717) is 18.5 Å². The fraction of sp³-hybridized carbons (Fsp3) is 0.615. The minimum atomic E-state index is -0.681. The summed E-state index contributed by atoms with van der Waals surface area (Å²) in [4.78, 5) is 12.1. The van der Waals surface area contributed by atoms with Crippen molar-refractivity contribution in [3.05, 3.63) is 23.3 Å². The standard InChI is InChI=1S/C13H19NO3/c1-9(8-15)6-7-14-12(16)10-4-2-3-5-11(10)13(14)17/h8,12-13,16-17H,1-7H2. The number of hydrogen-bond acceptors (Lipinski definition) is 4. The maximum atomic E-state index is 10.5. The maximum Gasteiger partial charge on any atom is 0.145 e. The SMILES string of the molecule is C=C(C=O)CCN1C(O)C2=C(CCCC2)C1O. The van der Waals surface area contributed by atoms with E-state index in [1.807, 2.05) is 0 Å². The van der Waals surface area contributed by atoms with Crippen LogP contribution in [0.1, 0.15) is 32.1 Å². The molecule has 0 radical (unpaired) electrons. The minimum Gasteiger partial charge on any atom is -0.374 e. The van der Waals surface area contributed by atoms with Crippen LogP contribution < -0.4 is 0 Å². The van der Waals surface area contributed by atoms with Gasteiger partial charge < -0.3 is 10.2 Å². The van der Waals surface area contributed by atoms with Crippen molar-refractivity contribution < 1.29 is 15.0 Å². The number of nitrogens with zero attached hydrogens (tertiary/aromatic N) is 1. The average Bonchev–Trinajstić information content (AvgIpc) is 2.60. The van der Waals surface area contributed by atoms with Crippen LogP contribution in [0.15, 0.2) is 23.3 Å². The van der Waals surface area contributed by atoms with Gasteiger partial charge in [0.05, 0.1) is 0 Å². The monoisotopic (exact) mass is 237 g/mol. The van der Waals surface area contributed by atoms with Gasteiger partial charge >= 0.3 is 0 Å². The molecule has 0 amide bonds. The Morgan fingerprint density at radius 3 is 2.29 bits per heavy atom. The number of aldehydes is 1. The molecule has 0 fully saturated rings. The van der Waals surface area contributed by atoms with Crippen LogP contribution in [0.5, 0.6) is 0 Å². The number of aliphatic hydroxyl groups excluding tert-OH is 2. The highest BCUT2D eigenvalue weighted by atomic mass is 16.3. The summed E-state index contributed by atoms with van der Waals surface area (Å²) in [7, 11) is 0. The van der Waals surface area contributed by atoms with Crippen LogP contribution in [0.4, 0.5) is 0 Å². The van der Waals surface area contributed by atoms with E-state index >= 15 is 0 Å². The molecule has 2 N–H and O–H groups in total. The third-order valence-corrected chi connectivity index (χ3v) is 3.66. The molecule has 1 aliphatic carbocycles. The van der Waals surface area contributed by atoms with E-state index in [0.717, 1.165) is 43.1 Å². The van der Waals surface area contributed by atoms with Gasteiger partial charge in [-0.1, -0.05) is 6.58 Å². The number of carbonyl (C=O) groups excluding carboxylic acids is 1. The van der Waals surface area contributed by atoms with Crippen LogP contribution in [0.25, 0.3) is 0 Å². The molecule has 2 unspecified atom stereocenters. The van der Waals surface area contributed by atoms with Crippen LogP contribution in [-0.4, -0.2) is 40.4 Å². The Hall–Kier alpha value is -0.970. The predicted molar refractivity (Wildman–Crippen MR) is 64.0 cm³/mol. The van der Waals surface area contributed by atoms with Crippen molar-refractivity contribution in [1.82, 2.24) is 4.90 Å². The molecule has 0 saturated heterocycles. The molecule has 2 aliphatic rings. The third-order valence-electron chi connectivity index (χ3n) is 3.66. The van der Waals surface area contributed by atoms with E-state index in [1.54, 1.807) is 4.90 Å². The highest BCUT2D eigenvalue weighted by Gasteiger charge is 2.38. The lowest BCUT2D eigenvalue weighted by molar-refractivity contribution is -0.105. The van der Waals surface area contributed by atoms with E-state index in [1.165, 1.54) is 0 Å². The lowest BCUT2D eigenvalue weighted by Crippen LogP contribution is -2.39. The first-order valence-electron chi connectivity index (χ1n) is 6.11. The van der Waals surface area contributed by atoms with E-state index in [9.17, 15) is 15.0 Å². The molecule has 2 rings (SSSR count). The Morgan fingerprint density at radius 1 is 1.29 bits per heavy atom. The summed E-state index contributed by atoms with van der Waals surface area (Å²) in [5.74, 6) is 0. The molecular formula is C13H19NO3. The number of carbonyl (C=O) groups is 1. The van der Waals surface area contributed by atoms with Gasteiger partial charge in [0.15, 0.2) is 0 Å². The van der Waals surface area contributed by atoms with Crippen molar-refractivity contribution in [2.24, 2.45) is 0 Å². The zero-order valence-corrected chi connectivity index (χ0v) is 9.93. The van der Waals surface area contributed by atoms with Gasteiger partial charge in [-0.05, 0) is 48.8 Å². The van der Waals surface area contributed by atoms with Crippen molar-refractivity contribution in [3.63, 3.8) is 0 Å². The molecule has 0 saturated carbocycles. The van der Waals surface area contributed by atoms with Crippen molar-refractivity contribution in [2.75, 3.05) is 6.54 Å². The number of aliphatic hydroxyl groups is 2. The topological polar surface area (TPSA) is 60.8 Å². The summed E-state index contributed by atoms with van der Waals surface area (Å²) >= 11 is 0. The Bertz CT molecular complexity index is 340. The van der Waals surface area contributed by atoms with E-state index in [4.69, 9.17) is 0 Å². The zero-order valence-electron chi connectivity index (χ0n) is 9.93. The molecule has 0 aromatic rings. The summed E-state index contributed by atoms with van der Waals surface area (Å²) in [6.45, 7) is 4.07. The largest absolute Gasteiger partial charge is 0.374 e. The molecular weight excluding hydrogens is 218 g/mol. The van der Waals surface area contributed by atoms with Gasteiger partial charge in [0, 0.05) is 6.54 Å². The van der Waals surface area contributed by atoms with Crippen LogP contribution in [0.2, 0.25) is 0 Å². The fourth-order valence-electron chi connectivity index (χ4n) is 2.65. The fourth-order valence-corrected chi connectivity index (χ4v) is 2.65.